The lowest BCUT2D eigenvalue weighted by atomic mass is 9.75. The standard InChI is InChI=1S/C19H25N3O/c1-14-5-4-9-22-18(23)11-17(20-19(14)22)13-21-10-8-15-6-2-3-7-16(15)12-21/h4-5,9,11,15-16H,2-3,6-8,10,12-13H2,1H3/t15-,16+/m1/s1. The van der Waals surface area contributed by atoms with E-state index < -0.39 is 0 Å². The summed E-state index contributed by atoms with van der Waals surface area (Å²) in [4.78, 5) is 19.6. The molecule has 4 heteroatoms. The molecule has 1 saturated heterocycles. The number of piperidine rings is 1. The Bertz CT molecular complexity index is 767. The summed E-state index contributed by atoms with van der Waals surface area (Å²) >= 11 is 0. The number of hydrogen-bond donors (Lipinski definition) is 0. The Labute approximate surface area is 137 Å². The molecule has 0 aromatic carbocycles. The summed E-state index contributed by atoms with van der Waals surface area (Å²) in [6.45, 7) is 5.15. The molecule has 2 atom stereocenters. The third-order valence-corrected chi connectivity index (χ3v) is 5.70. The largest absolute Gasteiger partial charge is 0.297 e. The van der Waals surface area contributed by atoms with Gasteiger partial charge in [0, 0.05) is 25.4 Å². The smallest absolute Gasteiger partial charge is 0.258 e. The number of aryl methyl sites for hydroxylation is 1. The molecule has 2 aliphatic rings. The van der Waals surface area contributed by atoms with Gasteiger partial charge in [0.2, 0.25) is 0 Å². The van der Waals surface area contributed by atoms with Crippen molar-refractivity contribution in [1.29, 1.82) is 0 Å². The zero-order chi connectivity index (χ0) is 15.8. The van der Waals surface area contributed by atoms with Crippen LogP contribution in [-0.4, -0.2) is 27.4 Å². The van der Waals surface area contributed by atoms with Gasteiger partial charge in [-0.25, -0.2) is 4.98 Å². The third-order valence-electron chi connectivity index (χ3n) is 5.70. The van der Waals surface area contributed by atoms with Crippen LogP contribution in [0.3, 0.4) is 0 Å². The van der Waals surface area contributed by atoms with Crippen LogP contribution in [-0.2, 0) is 6.54 Å². The van der Waals surface area contributed by atoms with Crippen LogP contribution in [0, 0.1) is 18.8 Å². The molecule has 1 aliphatic carbocycles. The van der Waals surface area contributed by atoms with Gasteiger partial charge in [0.15, 0.2) is 0 Å². The number of pyridine rings is 1. The Hall–Kier alpha value is -1.68. The van der Waals surface area contributed by atoms with E-state index in [1.807, 2.05) is 19.1 Å². The molecule has 2 fully saturated rings. The van der Waals surface area contributed by atoms with Crippen molar-refractivity contribution in [2.75, 3.05) is 13.1 Å². The van der Waals surface area contributed by atoms with E-state index in [2.05, 4.69) is 4.90 Å². The van der Waals surface area contributed by atoms with Gasteiger partial charge in [0.05, 0.1) is 5.69 Å². The van der Waals surface area contributed by atoms with E-state index in [1.165, 1.54) is 38.6 Å². The van der Waals surface area contributed by atoms with E-state index in [9.17, 15) is 4.79 Å². The number of likely N-dealkylation sites (tertiary alicyclic amines) is 1. The van der Waals surface area contributed by atoms with Gasteiger partial charge < -0.3 is 0 Å². The van der Waals surface area contributed by atoms with Crippen LogP contribution in [0.25, 0.3) is 5.65 Å². The summed E-state index contributed by atoms with van der Waals surface area (Å²) in [5, 5.41) is 0. The molecule has 2 aromatic rings. The van der Waals surface area contributed by atoms with Gasteiger partial charge in [0.1, 0.15) is 5.65 Å². The maximum absolute atomic E-state index is 12.3. The lowest BCUT2D eigenvalue weighted by Crippen LogP contribution is -2.41. The van der Waals surface area contributed by atoms with Gasteiger partial charge in [-0.15, -0.1) is 0 Å². The highest BCUT2D eigenvalue weighted by molar-refractivity contribution is 5.46. The van der Waals surface area contributed by atoms with Gasteiger partial charge >= 0.3 is 0 Å². The van der Waals surface area contributed by atoms with Crippen molar-refractivity contribution in [3.8, 4) is 0 Å². The minimum atomic E-state index is 0.0289. The van der Waals surface area contributed by atoms with Crippen molar-refractivity contribution in [1.82, 2.24) is 14.3 Å². The Kier molecular flexibility index (Phi) is 3.93. The highest BCUT2D eigenvalue weighted by Gasteiger charge is 2.31. The first-order valence-electron chi connectivity index (χ1n) is 8.91. The first kappa shape index (κ1) is 14.9. The second-order valence-corrected chi connectivity index (χ2v) is 7.30. The van der Waals surface area contributed by atoms with Crippen molar-refractivity contribution in [2.45, 2.75) is 45.6 Å². The third kappa shape index (κ3) is 2.92. The Balaban J connectivity index is 1.56. The van der Waals surface area contributed by atoms with Crippen LogP contribution in [0.2, 0.25) is 0 Å². The van der Waals surface area contributed by atoms with E-state index in [0.717, 1.165) is 41.8 Å². The monoisotopic (exact) mass is 311 g/mol. The van der Waals surface area contributed by atoms with Crippen LogP contribution in [0.1, 0.15) is 43.4 Å². The predicted octanol–water partition coefficient (Wildman–Crippen LogP) is 3.02. The van der Waals surface area contributed by atoms with Crippen LogP contribution >= 0.6 is 0 Å². The zero-order valence-electron chi connectivity index (χ0n) is 13.9. The average Bonchev–Trinajstić information content (AvgIpc) is 2.56. The van der Waals surface area contributed by atoms with Crippen molar-refractivity contribution in [3.63, 3.8) is 0 Å². The summed E-state index contributed by atoms with van der Waals surface area (Å²) in [6, 6.07) is 5.62. The summed E-state index contributed by atoms with van der Waals surface area (Å²) in [5.41, 5.74) is 2.79. The fourth-order valence-corrected chi connectivity index (χ4v) is 4.44. The second-order valence-electron chi connectivity index (χ2n) is 7.30. The van der Waals surface area contributed by atoms with Crippen molar-refractivity contribution in [2.24, 2.45) is 11.8 Å². The fraction of sp³-hybridized carbons (Fsp3) is 0.579. The van der Waals surface area contributed by atoms with Crippen LogP contribution in [0.5, 0.6) is 0 Å². The molecule has 4 rings (SSSR count). The Morgan fingerprint density at radius 2 is 2.04 bits per heavy atom. The summed E-state index contributed by atoms with van der Waals surface area (Å²) in [5.74, 6) is 1.80. The molecule has 2 aromatic heterocycles. The van der Waals surface area contributed by atoms with Crippen molar-refractivity contribution < 1.29 is 0 Å². The molecule has 0 N–H and O–H groups in total. The van der Waals surface area contributed by atoms with E-state index in [0.29, 0.717) is 0 Å². The SMILES string of the molecule is Cc1cccn2c(=O)cc(CN3CC[C@H]4CCCC[C@H]4C3)nc12. The minimum Gasteiger partial charge on any atom is -0.297 e. The lowest BCUT2D eigenvalue weighted by molar-refractivity contribution is 0.0812. The topological polar surface area (TPSA) is 37.6 Å². The Morgan fingerprint density at radius 3 is 2.91 bits per heavy atom. The van der Waals surface area contributed by atoms with Gasteiger partial charge in [-0.2, -0.15) is 0 Å². The molecule has 0 amide bonds. The van der Waals surface area contributed by atoms with E-state index in [1.54, 1.807) is 16.7 Å². The highest BCUT2D eigenvalue weighted by atomic mass is 16.1. The maximum Gasteiger partial charge on any atom is 0.258 e. The van der Waals surface area contributed by atoms with E-state index in [-0.39, 0.29) is 5.56 Å². The van der Waals surface area contributed by atoms with E-state index in [4.69, 9.17) is 4.98 Å². The number of aromatic nitrogens is 2. The summed E-state index contributed by atoms with van der Waals surface area (Å²) in [7, 11) is 0. The molecular formula is C19H25N3O. The lowest BCUT2D eigenvalue weighted by Gasteiger charge is -2.41. The van der Waals surface area contributed by atoms with Crippen LogP contribution < -0.4 is 5.56 Å². The van der Waals surface area contributed by atoms with Crippen molar-refractivity contribution >= 4 is 5.65 Å². The van der Waals surface area contributed by atoms with Gasteiger partial charge in [-0.05, 0) is 49.8 Å². The van der Waals surface area contributed by atoms with Crippen molar-refractivity contribution in [3.05, 3.63) is 46.0 Å². The molecule has 3 heterocycles. The molecule has 23 heavy (non-hydrogen) atoms. The quantitative estimate of drug-likeness (QED) is 0.855. The first-order chi connectivity index (χ1) is 11.2. The number of fused-ring (bicyclic) bond motifs is 2. The first-order valence-corrected chi connectivity index (χ1v) is 8.91. The number of rotatable bonds is 2. The number of hydrogen-bond acceptors (Lipinski definition) is 3. The summed E-state index contributed by atoms with van der Waals surface area (Å²) in [6.07, 6.45) is 8.74. The zero-order valence-corrected chi connectivity index (χ0v) is 13.9. The average molecular weight is 311 g/mol. The normalized spacial score (nSPS) is 25.4. The summed E-state index contributed by atoms with van der Waals surface area (Å²) < 4.78 is 1.65. The fourth-order valence-electron chi connectivity index (χ4n) is 4.44. The molecule has 0 unspecified atom stereocenters. The molecular weight excluding hydrogens is 286 g/mol. The van der Waals surface area contributed by atoms with Crippen LogP contribution in [0.4, 0.5) is 0 Å². The van der Waals surface area contributed by atoms with Gasteiger partial charge in [-0.1, -0.05) is 25.3 Å². The second kappa shape index (κ2) is 6.08. The highest BCUT2D eigenvalue weighted by Crippen LogP contribution is 2.36. The molecule has 0 radical (unpaired) electrons. The molecule has 1 aliphatic heterocycles. The molecule has 4 nitrogen and oxygen atoms in total. The number of nitrogens with zero attached hydrogens (tertiary/aromatic N) is 3. The van der Waals surface area contributed by atoms with E-state index >= 15 is 0 Å². The van der Waals surface area contributed by atoms with Gasteiger partial charge in [-0.3, -0.25) is 14.1 Å². The molecule has 122 valence electrons. The van der Waals surface area contributed by atoms with Gasteiger partial charge in [0.25, 0.3) is 5.56 Å². The maximum atomic E-state index is 12.3. The predicted molar refractivity (Wildman–Crippen MR) is 91.5 cm³/mol. The Morgan fingerprint density at radius 1 is 1.22 bits per heavy atom. The molecule has 0 bridgehead atoms. The minimum absolute atomic E-state index is 0.0289. The van der Waals surface area contributed by atoms with Crippen LogP contribution in [0.15, 0.2) is 29.2 Å². The molecule has 0 spiro atoms. The molecule has 1 saturated carbocycles.